The molecule has 2 aromatic rings. The second kappa shape index (κ2) is 11.0. The Kier molecular flexibility index (Phi) is 8.72. The lowest BCUT2D eigenvalue weighted by Crippen LogP contribution is -2.27. The molecule has 0 aliphatic rings. The summed E-state index contributed by atoms with van der Waals surface area (Å²) in [6.45, 7) is 6.41. The van der Waals surface area contributed by atoms with E-state index in [9.17, 15) is 9.59 Å². The molecule has 0 radical (unpaired) electrons. The molecule has 150 valence electrons. The Morgan fingerprint density at radius 2 is 1.75 bits per heavy atom. The number of ketones is 1. The van der Waals surface area contributed by atoms with Gasteiger partial charge in [0.1, 0.15) is 5.92 Å². The molecule has 0 N–H and O–H groups in total. The highest BCUT2D eigenvalue weighted by Crippen LogP contribution is 2.29. The predicted octanol–water partition coefficient (Wildman–Crippen LogP) is 6.37. The Morgan fingerprint density at radius 3 is 2.36 bits per heavy atom. The maximum Gasteiger partial charge on any atom is 0.321 e. The smallest absolute Gasteiger partial charge is 0.321 e. The van der Waals surface area contributed by atoms with E-state index in [-0.39, 0.29) is 5.78 Å². The molecule has 0 aromatic heterocycles. The van der Waals surface area contributed by atoms with Crippen molar-refractivity contribution in [1.29, 1.82) is 0 Å². The fourth-order valence-electron chi connectivity index (χ4n) is 3.31. The average molecular weight is 401 g/mol. The monoisotopic (exact) mass is 400 g/mol. The summed E-state index contributed by atoms with van der Waals surface area (Å²) in [6, 6.07) is 14.3. The van der Waals surface area contributed by atoms with Crippen LogP contribution in [0.2, 0.25) is 5.02 Å². The van der Waals surface area contributed by atoms with Crippen molar-refractivity contribution >= 4 is 23.4 Å². The van der Waals surface area contributed by atoms with Gasteiger partial charge in [-0.1, -0.05) is 87.2 Å². The van der Waals surface area contributed by atoms with E-state index in [1.165, 1.54) is 0 Å². The number of aryl methyl sites for hydroxylation is 1. The Balaban J connectivity index is 2.28. The van der Waals surface area contributed by atoms with E-state index >= 15 is 0 Å². The quantitative estimate of drug-likeness (QED) is 0.264. The predicted molar refractivity (Wildman–Crippen MR) is 114 cm³/mol. The number of Topliss-reactive ketones (excluding diaryl/α,β-unsaturated/α-hetero) is 1. The lowest BCUT2D eigenvalue weighted by Gasteiger charge is -2.20. The Hall–Kier alpha value is -2.13. The first-order chi connectivity index (χ1) is 13.5. The summed E-state index contributed by atoms with van der Waals surface area (Å²) in [7, 11) is 0. The van der Waals surface area contributed by atoms with E-state index in [1.54, 1.807) is 24.3 Å². The largest absolute Gasteiger partial charge is 0.465 e. The van der Waals surface area contributed by atoms with Crippen LogP contribution in [0.4, 0.5) is 0 Å². The van der Waals surface area contributed by atoms with Crippen LogP contribution in [0.3, 0.4) is 0 Å². The number of esters is 1. The number of carbonyl (C=O) groups excluding carboxylic acids is 2. The molecule has 0 fully saturated rings. The maximum atomic E-state index is 13.3. The highest BCUT2D eigenvalue weighted by Gasteiger charge is 2.33. The first-order valence-corrected chi connectivity index (χ1v) is 10.4. The highest BCUT2D eigenvalue weighted by molar-refractivity contribution is 6.35. The second-order valence-corrected chi connectivity index (χ2v) is 7.59. The van der Waals surface area contributed by atoms with E-state index in [2.05, 4.69) is 13.8 Å². The number of benzene rings is 2. The normalized spacial score (nSPS) is 13.0. The van der Waals surface area contributed by atoms with Crippen molar-refractivity contribution in [2.45, 2.75) is 52.4 Å². The van der Waals surface area contributed by atoms with Crippen LogP contribution >= 0.6 is 11.6 Å². The molecule has 0 amide bonds. The number of carbonyl (C=O) groups is 2. The standard InChI is InChI=1S/C24H29ClO3/c1-4-6-12-18(5-2)16-28-24(27)22(19-13-8-7-9-14-19)23(26)21-17(3)11-10-15-20(21)25/h7-11,13-15,18,22H,4-6,12,16H2,1-3H3. The van der Waals surface area contributed by atoms with Crippen molar-refractivity contribution < 1.29 is 14.3 Å². The third-order valence-corrected chi connectivity index (χ3v) is 5.42. The molecule has 0 aliphatic heterocycles. The van der Waals surface area contributed by atoms with Gasteiger partial charge < -0.3 is 4.74 Å². The summed E-state index contributed by atoms with van der Waals surface area (Å²) in [5, 5.41) is 0.355. The summed E-state index contributed by atoms with van der Waals surface area (Å²) in [4.78, 5) is 26.3. The molecule has 2 atom stereocenters. The molecule has 2 unspecified atom stereocenters. The number of halogens is 1. The topological polar surface area (TPSA) is 43.4 Å². The first-order valence-electron chi connectivity index (χ1n) is 10.00. The molecule has 3 nitrogen and oxygen atoms in total. The van der Waals surface area contributed by atoms with Crippen molar-refractivity contribution in [2.75, 3.05) is 6.61 Å². The minimum atomic E-state index is -1.01. The minimum Gasteiger partial charge on any atom is -0.465 e. The second-order valence-electron chi connectivity index (χ2n) is 7.19. The molecule has 0 heterocycles. The van der Waals surface area contributed by atoms with Crippen molar-refractivity contribution in [3.8, 4) is 0 Å². The number of rotatable bonds is 10. The van der Waals surface area contributed by atoms with Gasteiger partial charge in [0.15, 0.2) is 5.78 Å². The highest BCUT2D eigenvalue weighted by atomic mass is 35.5. The summed E-state index contributed by atoms with van der Waals surface area (Å²) >= 11 is 6.29. The molecule has 0 bridgehead atoms. The number of hydrogen-bond donors (Lipinski definition) is 0. The molecular weight excluding hydrogens is 372 g/mol. The molecule has 0 saturated heterocycles. The van der Waals surface area contributed by atoms with Crippen LogP contribution in [-0.4, -0.2) is 18.4 Å². The molecule has 4 heteroatoms. The molecule has 28 heavy (non-hydrogen) atoms. The van der Waals surface area contributed by atoms with Crippen LogP contribution in [0.5, 0.6) is 0 Å². The van der Waals surface area contributed by atoms with Gasteiger partial charge in [0.25, 0.3) is 0 Å². The summed E-state index contributed by atoms with van der Waals surface area (Å²) in [5.74, 6) is -1.52. The molecule has 0 spiro atoms. The van der Waals surface area contributed by atoms with Gasteiger partial charge in [-0.15, -0.1) is 0 Å². The van der Waals surface area contributed by atoms with E-state index in [4.69, 9.17) is 16.3 Å². The van der Waals surface area contributed by atoms with Crippen LogP contribution in [0.1, 0.15) is 66.9 Å². The third kappa shape index (κ3) is 5.68. The summed E-state index contributed by atoms with van der Waals surface area (Å²) in [6.07, 6.45) is 4.19. The molecular formula is C24H29ClO3. The van der Waals surface area contributed by atoms with Gasteiger partial charge in [-0.25, -0.2) is 0 Å². The van der Waals surface area contributed by atoms with Gasteiger partial charge in [-0.2, -0.15) is 0 Å². The summed E-state index contributed by atoms with van der Waals surface area (Å²) < 4.78 is 5.63. The fraction of sp³-hybridized carbons (Fsp3) is 0.417. The zero-order chi connectivity index (χ0) is 20.5. The Bertz CT molecular complexity index is 765. The van der Waals surface area contributed by atoms with Gasteiger partial charge in [-0.3, -0.25) is 9.59 Å². The zero-order valence-corrected chi connectivity index (χ0v) is 17.7. The SMILES string of the molecule is CCCCC(CC)COC(=O)C(C(=O)c1c(C)cccc1Cl)c1ccccc1. The van der Waals surface area contributed by atoms with Crippen molar-refractivity contribution in [3.05, 3.63) is 70.2 Å². The summed E-state index contributed by atoms with van der Waals surface area (Å²) in [5.41, 5.74) is 1.76. The van der Waals surface area contributed by atoms with E-state index in [0.29, 0.717) is 28.7 Å². The third-order valence-electron chi connectivity index (χ3n) is 5.10. The van der Waals surface area contributed by atoms with Gasteiger partial charge in [0, 0.05) is 5.56 Å². The molecule has 2 rings (SSSR count). The van der Waals surface area contributed by atoms with Crippen molar-refractivity contribution in [2.24, 2.45) is 5.92 Å². The van der Waals surface area contributed by atoms with Crippen LogP contribution < -0.4 is 0 Å². The van der Waals surface area contributed by atoms with Gasteiger partial charge in [0.2, 0.25) is 0 Å². The van der Waals surface area contributed by atoms with Crippen LogP contribution in [0.15, 0.2) is 48.5 Å². The number of hydrogen-bond acceptors (Lipinski definition) is 3. The van der Waals surface area contributed by atoms with Crippen LogP contribution in [0.25, 0.3) is 0 Å². The van der Waals surface area contributed by atoms with Crippen LogP contribution in [0, 0.1) is 12.8 Å². The lowest BCUT2D eigenvalue weighted by atomic mass is 9.88. The first kappa shape index (κ1) is 22.2. The molecule has 0 saturated carbocycles. The van der Waals surface area contributed by atoms with E-state index < -0.39 is 11.9 Å². The fourth-order valence-corrected chi connectivity index (χ4v) is 3.62. The van der Waals surface area contributed by atoms with E-state index in [1.807, 2.05) is 31.2 Å². The Labute approximate surface area is 173 Å². The van der Waals surface area contributed by atoms with Gasteiger partial charge in [-0.05, 0) is 36.5 Å². The lowest BCUT2D eigenvalue weighted by molar-refractivity contribution is -0.145. The van der Waals surface area contributed by atoms with Crippen molar-refractivity contribution in [3.63, 3.8) is 0 Å². The van der Waals surface area contributed by atoms with Gasteiger partial charge in [0.05, 0.1) is 11.6 Å². The molecule has 0 aliphatic carbocycles. The van der Waals surface area contributed by atoms with Gasteiger partial charge >= 0.3 is 5.97 Å². The van der Waals surface area contributed by atoms with Crippen molar-refractivity contribution in [1.82, 2.24) is 0 Å². The molecule has 2 aromatic carbocycles. The minimum absolute atomic E-state index is 0.317. The zero-order valence-electron chi connectivity index (χ0n) is 16.9. The maximum absolute atomic E-state index is 13.3. The Morgan fingerprint density at radius 1 is 1.04 bits per heavy atom. The van der Waals surface area contributed by atoms with Crippen LogP contribution in [-0.2, 0) is 9.53 Å². The average Bonchev–Trinajstić information content (AvgIpc) is 2.69. The van der Waals surface area contributed by atoms with E-state index in [0.717, 1.165) is 31.2 Å². The number of unbranched alkanes of at least 4 members (excludes halogenated alkanes) is 1. The number of ether oxygens (including phenoxy) is 1.